The van der Waals surface area contributed by atoms with Crippen LogP contribution in [-0.4, -0.2) is 50.1 Å². The van der Waals surface area contributed by atoms with Gasteiger partial charge in [-0.2, -0.15) is 0 Å². The Bertz CT molecular complexity index is 227. The highest BCUT2D eigenvalue weighted by molar-refractivity contribution is 5.77. The molecular weight excluding hydrogens is 226 g/mol. The lowest BCUT2D eigenvalue weighted by atomic mass is 9.99. The van der Waals surface area contributed by atoms with Gasteiger partial charge in [0, 0.05) is 13.1 Å². The number of carbonyl (C=O) groups is 1. The Labute approximate surface area is 111 Å². The SMILES string of the molecule is CCCNC(=O)CN(CCC)CC1CCCNC1. The van der Waals surface area contributed by atoms with E-state index >= 15 is 0 Å². The number of rotatable bonds is 8. The molecule has 18 heavy (non-hydrogen) atoms. The molecule has 0 bridgehead atoms. The van der Waals surface area contributed by atoms with Crippen molar-refractivity contribution in [3.63, 3.8) is 0 Å². The van der Waals surface area contributed by atoms with Gasteiger partial charge in [0.15, 0.2) is 0 Å². The molecule has 1 heterocycles. The summed E-state index contributed by atoms with van der Waals surface area (Å²) in [7, 11) is 0. The van der Waals surface area contributed by atoms with Crippen LogP contribution in [0.3, 0.4) is 0 Å². The lowest BCUT2D eigenvalue weighted by Gasteiger charge is -2.29. The second-order valence-corrected chi connectivity index (χ2v) is 5.30. The fourth-order valence-electron chi connectivity index (χ4n) is 2.52. The molecule has 4 heteroatoms. The summed E-state index contributed by atoms with van der Waals surface area (Å²) in [6.45, 7) is 9.95. The molecule has 1 saturated heterocycles. The third kappa shape index (κ3) is 6.36. The van der Waals surface area contributed by atoms with Crippen LogP contribution in [0.4, 0.5) is 0 Å². The van der Waals surface area contributed by atoms with Crippen molar-refractivity contribution in [2.24, 2.45) is 5.92 Å². The molecule has 1 aliphatic heterocycles. The summed E-state index contributed by atoms with van der Waals surface area (Å²) in [4.78, 5) is 14.1. The molecule has 0 saturated carbocycles. The molecule has 0 aromatic heterocycles. The van der Waals surface area contributed by atoms with Gasteiger partial charge < -0.3 is 10.6 Å². The largest absolute Gasteiger partial charge is 0.355 e. The van der Waals surface area contributed by atoms with Crippen LogP contribution in [0, 0.1) is 5.92 Å². The van der Waals surface area contributed by atoms with Crippen LogP contribution < -0.4 is 10.6 Å². The Morgan fingerprint density at radius 3 is 2.83 bits per heavy atom. The topological polar surface area (TPSA) is 44.4 Å². The fourth-order valence-corrected chi connectivity index (χ4v) is 2.52. The number of nitrogens with one attached hydrogen (secondary N) is 2. The first-order valence-electron chi connectivity index (χ1n) is 7.46. The van der Waals surface area contributed by atoms with Gasteiger partial charge in [-0.3, -0.25) is 9.69 Å². The van der Waals surface area contributed by atoms with Crippen molar-refractivity contribution in [3.8, 4) is 0 Å². The zero-order chi connectivity index (χ0) is 13.2. The number of hydrogen-bond acceptors (Lipinski definition) is 3. The average molecular weight is 255 g/mol. The second kappa shape index (κ2) is 9.34. The van der Waals surface area contributed by atoms with E-state index in [-0.39, 0.29) is 5.91 Å². The maximum absolute atomic E-state index is 11.8. The van der Waals surface area contributed by atoms with Gasteiger partial charge in [-0.1, -0.05) is 13.8 Å². The Morgan fingerprint density at radius 1 is 1.39 bits per heavy atom. The van der Waals surface area contributed by atoms with E-state index in [9.17, 15) is 4.79 Å². The molecule has 1 aliphatic rings. The first kappa shape index (κ1) is 15.4. The monoisotopic (exact) mass is 255 g/mol. The molecule has 106 valence electrons. The quantitative estimate of drug-likeness (QED) is 0.685. The van der Waals surface area contributed by atoms with Crippen LogP contribution in [0.1, 0.15) is 39.5 Å². The maximum atomic E-state index is 11.8. The van der Waals surface area contributed by atoms with Gasteiger partial charge in [0.05, 0.1) is 6.54 Å². The number of nitrogens with zero attached hydrogens (tertiary/aromatic N) is 1. The number of amides is 1. The summed E-state index contributed by atoms with van der Waals surface area (Å²) < 4.78 is 0. The van der Waals surface area contributed by atoms with Crippen molar-refractivity contribution < 1.29 is 4.79 Å². The standard InChI is InChI=1S/C14H29N3O/c1-3-7-16-14(18)12-17(9-4-2)11-13-6-5-8-15-10-13/h13,15H,3-12H2,1-2H3,(H,16,18). The van der Waals surface area contributed by atoms with Gasteiger partial charge in [-0.15, -0.1) is 0 Å². The minimum absolute atomic E-state index is 0.175. The lowest BCUT2D eigenvalue weighted by Crippen LogP contribution is -2.43. The molecule has 1 fully saturated rings. The molecular formula is C14H29N3O. The first-order chi connectivity index (χ1) is 8.76. The molecule has 0 radical (unpaired) electrons. The van der Waals surface area contributed by atoms with Crippen molar-refractivity contribution in [2.45, 2.75) is 39.5 Å². The van der Waals surface area contributed by atoms with E-state index in [1.807, 2.05) is 0 Å². The predicted molar refractivity (Wildman–Crippen MR) is 75.6 cm³/mol. The van der Waals surface area contributed by atoms with E-state index in [4.69, 9.17) is 0 Å². The average Bonchev–Trinajstić information content (AvgIpc) is 2.38. The molecule has 0 spiro atoms. The summed E-state index contributed by atoms with van der Waals surface area (Å²) in [5.74, 6) is 0.887. The highest BCUT2D eigenvalue weighted by Gasteiger charge is 2.18. The smallest absolute Gasteiger partial charge is 0.234 e. The summed E-state index contributed by atoms with van der Waals surface area (Å²) in [6, 6.07) is 0. The van der Waals surface area contributed by atoms with E-state index in [0.29, 0.717) is 12.5 Å². The van der Waals surface area contributed by atoms with Crippen molar-refractivity contribution in [1.29, 1.82) is 0 Å². The van der Waals surface area contributed by atoms with Crippen LogP contribution in [-0.2, 0) is 4.79 Å². The van der Waals surface area contributed by atoms with Crippen molar-refractivity contribution >= 4 is 5.91 Å². The van der Waals surface area contributed by atoms with Crippen LogP contribution in [0.5, 0.6) is 0 Å². The minimum atomic E-state index is 0.175. The van der Waals surface area contributed by atoms with Gasteiger partial charge in [0.1, 0.15) is 0 Å². The molecule has 2 N–H and O–H groups in total. The first-order valence-corrected chi connectivity index (χ1v) is 7.46. The third-order valence-electron chi connectivity index (χ3n) is 3.39. The van der Waals surface area contributed by atoms with Crippen molar-refractivity contribution in [3.05, 3.63) is 0 Å². The van der Waals surface area contributed by atoms with Crippen molar-refractivity contribution in [2.75, 3.05) is 39.3 Å². The molecule has 0 aromatic carbocycles. The Hall–Kier alpha value is -0.610. The van der Waals surface area contributed by atoms with Gasteiger partial charge in [-0.05, 0) is 51.2 Å². The molecule has 1 rings (SSSR count). The summed E-state index contributed by atoms with van der Waals surface area (Å²) in [6.07, 6.45) is 4.68. The predicted octanol–water partition coefficient (Wildman–Crippen LogP) is 1.22. The minimum Gasteiger partial charge on any atom is -0.355 e. The molecule has 4 nitrogen and oxygen atoms in total. The Kier molecular flexibility index (Phi) is 8.01. The highest BCUT2D eigenvalue weighted by Crippen LogP contribution is 2.11. The Balaban J connectivity index is 2.30. The molecule has 1 atom stereocenters. The Morgan fingerprint density at radius 2 is 2.22 bits per heavy atom. The van der Waals surface area contributed by atoms with Crippen molar-refractivity contribution in [1.82, 2.24) is 15.5 Å². The second-order valence-electron chi connectivity index (χ2n) is 5.30. The zero-order valence-corrected chi connectivity index (χ0v) is 12.0. The number of piperidine rings is 1. The van der Waals surface area contributed by atoms with E-state index in [0.717, 1.165) is 45.6 Å². The van der Waals surface area contributed by atoms with Gasteiger partial charge in [0.2, 0.25) is 5.91 Å². The summed E-state index contributed by atoms with van der Waals surface area (Å²) in [5, 5.41) is 6.40. The fraction of sp³-hybridized carbons (Fsp3) is 0.929. The summed E-state index contributed by atoms with van der Waals surface area (Å²) >= 11 is 0. The zero-order valence-electron chi connectivity index (χ0n) is 12.0. The van der Waals surface area contributed by atoms with E-state index in [1.165, 1.54) is 12.8 Å². The van der Waals surface area contributed by atoms with Crippen LogP contribution in [0.15, 0.2) is 0 Å². The maximum Gasteiger partial charge on any atom is 0.234 e. The van der Waals surface area contributed by atoms with Crippen LogP contribution in [0.2, 0.25) is 0 Å². The molecule has 1 amide bonds. The number of carbonyl (C=O) groups excluding carboxylic acids is 1. The van der Waals surface area contributed by atoms with E-state index in [2.05, 4.69) is 29.4 Å². The van der Waals surface area contributed by atoms with Gasteiger partial charge in [0.25, 0.3) is 0 Å². The lowest BCUT2D eigenvalue weighted by molar-refractivity contribution is -0.122. The third-order valence-corrected chi connectivity index (χ3v) is 3.39. The van der Waals surface area contributed by atoms with Crippen LogP contribution >= 0.6 is 0 Å². The van der Waals surface area contributed by atoms with Gasteiger partial charge in [-0.25, -0.2) is 0 Å². The molecule has 0 aliphatic carbocycles. The number of hydrogen-bond donors (Lipinski definition) is 2. The summed E-state index contributed by atoms with van der Waals surface area (Å²) in [5.41, 5.74) is 0. The normalized spacial score (nSPS) is 20.1. The highest BCUT2D eigenvalue weighted by atomic mass is 16.2. The molecule has 0 aromatic rings. The van der Waals surface area contributed by atoms with Gasteiger partial charge >= 0.3 is 0 Å². The van der Waals surface area contributed by atoms with E-state index < -0.39 is 0 Å². The van der Waals surface area contributed by atoms with Crippen LogP contribution in [0.25, 0.3) is 0 Å². The molecule has 1 unspecified atom stereocenters. The van der Waals surface area contributed by atoms with E-state index in [1.54, 1.807) is 0 Å².